The molecule has 0 radical (unpaired) electrons. The van der Waals surface area contributed by atoms with Crippen LogP contribution in [0.25, 0.3) is 0 Å². The van der Waals surface area contributed by atoms with Crippen molar-refractivity contribution in [3.63, 3.8) is 0 Å². The lowest BCUT2D eigenvalue weighted by molar-refractivity contribution is 0.167. The first-order valence-electron chi connectivity index (χ1n) is 4.38. The first kappa shape index (κ1) is 8.85. The highest BCUT2D eigenvalue weighted by atomic mass is 35.5. The van der Waals surface area contributed by atoms with Gasteiger partial charge in [-0.1, -0.05) is 23.7 Å². The standard InChI is InChI=1S/C10H11ClO2/c11-8-4-1-3-7-9(12)5-2-6-13-10(7)8/h1,3-4,9,12H,2,5-6H2. The molecule has 70 valence electrons. The summed E-state index contributed by atoms with van der Waals surface area (Å²) in [7, 11) is 0. The summed E-state index contributed by atoms with van der Waals surface area (Å²) >= 11 is 5.94. The topological polar surface area (TPSA) is 29.5 Å². The Morgan fingerprint density at radius 1 is 1.46 bits per heavy atom. The molecule has 13 heavy (non-hydrogen) atoms. The van der Waals surface area contributed by atoms with Crippen LogP contribution >= 0.6 is 11.6 Å². The van der Waals surface area contributed by atoms with Crippen LogP contribution in [0.1, 0.15) is 24.5 Å². The zero-order chi connectivity index (χ0) is 9.26. The molecule has 3 heteroatoms. The van der Waals surface area contributed by atoms with Crippen molar-refractivity contribution in [2.75, 3.05) is 6.61 Å². The van der Waals surface area contributed by atoms with Gasteiger partial charge < -0.3 is 9.84 Å². The van der Waals surface area contributed by atoms with E-state index in [1.807, 2.05) is 12.1 Å². The average Bonchev–Trinajstić information content (AvgIpc) is 2.30. The number of ether oxygens (including phenoxy) is 1. The number of benzene rings is 1. The molecule has 1 heterocycles. The number of para-hydroxylation sites is 1. The second-order valence-corrected chi connectivity index (χ2v) is 3.57. The lowest BCUT2D eigenvalue weighted by Crippen LogP contribution is -1.96. The van der Waals surface area contributed by atoms with Gasteiger partial charge in [0.15, 0.2) is 0 Å². The molecule has 0 amide bonds. The van der Waals surface area contributed by atoms with Crippen molar-refractivity contribution in [3.8, 4) is 5.75 Å². The van der Waals surface area contributed by atoms with Crippen molar-refractivity contribution < 1.29 is 9.84 Å². The fourth-order valence-corrected chi connectivity index (χ4v) is 1.78. The molecule has 0 fully saturated rings. The van der Waals surface area contributed by atoms with Crippen LogP contribution in [0.3, 0.4) is 0 Å². The van der Waals surface area contributed by atoms with E-state index in [0.29, 0.717) is 17.4 Å². The predicted octanol–water partition coefficient (Wildman–Crippen LogP) is 2.55. The average molecular weight is 199 g/mol. The number of hydrogen-bond donors (Lipinski definition) is 1. The minimum atomic E-state index is -0.434. The molecule has 0 aliphatic carbocycles. The third-order valence-corrected chi connectivity index (χ3v) is 2.52. The molecular weight excluding hydrogens is 188 g/mol. The molecule has 1 N–H and O–H groups in total. The molecule has 0 saturated heterocycles. The molecule has 0 spiro atoms. The Kier molecular flexibility index (Phi) is 2.42. The van der Waals surface area contributed by atoms with Crippen LogP contribution in [0.4, 0.5) is 0 Å². The molecule has 1 aromatic rings. The Morgan fingerprint density at radius 2 is 2.31 bits per heavy atom. The molecule has 2 nitrogen and oxygen atoms in total. The normalized spacial score (nSPS) is 21.5. The second kappa shape index (κ2) is 3.56. The minimum absolute atomic E-state index is 0.434. The highest BCUT2D eigenvalue weighted by Crippen LogP contribution is 2.36. The fraction of sp³-hybridized carbons (Fsp3) is 0.400. The van der Waals surface area contributed by atoms with E-state index in [9.17, 15) is 5.11 Å². The van der Waals surface area contributed by atoms with E-state index < -0.39 is 6.10 Å². The first-order valence-corrected chi connectivity index (χ1v) is 4.76. The summed E-state index contributed by atoms with van der Waals surface area (Å²) in [6.07, 6.45) is 1.18. The second-order valence-electron chi connectivity index (χ2n) is 3.16. The van der Waals surface area contributed by atoms with E-state index in [4.69, 9.17) is 16.3 Å². The third-order valence-electron chi connectivity index (χ3n) is 2.22. The monoisotopic (exact) mass is 198 g/mol. The van der Waals surface area contributed by atoms with Crippen molar-refractivity contribution in [2.45, 2.75) is 18.9 Å². The van der Waals surface area contributed by atoms with Gasteiger partial charge in [0.05, 0.1) is 17.7 Å². The zero-order valence-electron chi connectivity index (χ0n) is 7.16. The molecule has 1 aliphatic heterocycles. The third kappa shape index (κ3) is 1.64. The maximum atomic E-state index is 9.73. The van der Waals surface area contributed by atoms with E-state index >= 15 is 0 Å². The fourth-order valence-electron chi connectivity index (χ4n) is 1.55. The largest absolute Gasteiger partial charge is 0.492 e. The summed E-state index contributed by atoms with van der Waals surface area (Å²) in [5.74, 6) is 0.647. The Morgan fingerprint density at radius 3 is 3.15 bits per heavy atom. The van der Waals surface area contributed by atoms with E-state index in [1.165, 1.54) is 0 Å². The molecule has 1 aliphatic rings. The molecule has 1 atom stereocenters. The minimum Gasteiger partial charge on any atom is -0.492 e. The lowest BCUT2D eigenvalue weighted by atomic mass is 10.1. The van der Waals surface area contributed by atoms with Crippen LogP contribution < -0.4 is 4.74 Å². The number of hydrogen-bond acceptors (Lipinski definition) is 2. The number of aliphatic hydroxyl groups is 1. The summed E-state index contributed by atoms with van der Waals surface area (Å²) in [5, 5.41) is 10.3. The van der Waals surface area contributed by atoms with Gasteiger partial charge >= 0.3 is 0 Å². The SMILES string of the molecule is OC1CCCOc2c(Cl)cccc21. The Bertz CT molecular complexity index is 312. The molecule has 0 aromatic heterocycles. The van der Waals surface area contributed by atoms with Crippen molar-refractivity contribution in [2.24, 2.45) is 0 Å². The van der Waals surface area contributed by atoms with Crippen LogP contribution in [-0.4, -0.2) is 11.7 Å². The Hall–Kier alpha value is -0.730. The van der Waals surface area contributed by atoms with Gasteiger partial charge in [0.25, 0.3) is 0 Å². The van der Waals surface area contributed by atoms with Gasteiger partial charge in [-0.2, -0.15) is 0 Å². The van der Waals surface area contributed by atoms with Gasteiger partial charge in [-0.15, -0.1) is 0 Å². The summed E-state index contributed by atoms with van der Waals surface area (Å²) < 4.78 is 5.46. The highest BCUT2D eigenvalue weighted by Gasteiger charge is 2.18. The van der Waals surface area contributed by atoms with Crippen molar-refractivity contribution in [1.82, 2.24) is 0 Å². The van der Waals surface area contributed by atoms with Crippen LogP contribution in [0, 0.1) is 0 Å². The van der Waals surface area contributed by atoms with Gasteiger partial charge in [0.1, 0.15) is 5.75 Å². The van der Waals surface area contributed by atoms with E-state index in [0.717, 1.165) is 18.4 Å². The molecular formula is C10H11ClO2. The quantitative estimate of drug-likeness (QED) is 0.694. The maximum absolute atomic E-state index is 9.73. The summed E-state index contributed by atoms with van der Waals surface area (Å²) in [5.41, 5.74) is 0.810. The van der Waals surface area contributed by atoms with Crippen LogP contribution in [0.5, 0.6) is 5.75 Å². The van der Waals surface area contributed by atoms with Crippen LogP contribution in [0.2, 0.25) is 5.02 Å². The molecule has 0 saturated carbocycles. The molecule has 2 rings (SSSR count). The van der Waals surface area contributed by atoms with E-state index in [1.54, 1.807) is 6.07 Å². The molecule has 1 unspecified atom stereocenters. The first-order chi connectivity index (χ1) is 6.29. The number of aliphatic hydroxyl groups excluding tert-OH is 1. The van der Waals surface area contributed by atoms with Gasteiger partial charge in [-0.05, 0) is 18.9 Å². The smallest absolute Gasteiger partial charge is 0.143 e. The Labute approximate surface area is 82.1 Å². The maximum Gasteiger partial charge on any atom is 0.143 e. The Balaban J connectivity index is 2.47. The predicted molar refractivity (Wildman–Crippen MR) is 51.1 cm³/mol. The summed E-state index contributed by atoms with van der Waals surface area (Å²) in [4.78, 5) is 0. The molecule has 1 aromatic carbocycles. The highest BCUT2D eigenvalue weighted by molar-refractivity contribution is 6.32. The summed E-state index contributed by atoms with van der Waals surface area (Å²) in [6.45, 7) is 0.633. The van der Waals surface area contributed by atoms with E-state index in [-0.39, 0.29) is 0 Å². The number of rotatable bonds is 0. The van der Waals surface area contributed by atoms with Gasteiger partial charge in [0, 0.05) is 5.56 Å². The van der Waals surface area contributed by atoms with E-state index in [2.05, 4.69) is 0 Å². The van der Waals surface area contributed by atoms with Gasteiger partial charge in [-0.3, -0.25) is 0 Å². The van der Waals surface area contributed by atoms with Gasteiger partial charge in [0.2, 0.25) is 0 Å². The molecule has 0 bridgehead atoms. The number of halogens is 1. The van der Waals surface area contributed by atoms with Gasteiger partial charge in [-0.25, -0.2) is 0 Å². The lowest BCUT2D eigenvalue weighted by Gasteiger charge is -2.11. The zero-order valence-corrected chi connectivity index (χ0v) is 7.92. The summed E-state index contributed by atoms with van der Waals surface area (Å²) in [6, 6.07) is 5.47. The van der Waals surface area contributed by atoms with Crippen LogP contribution in [-0.2, 0) is 0 Å². The van der Waals surface area contributed by atoms with Crippen molar-refractivity contribution in [3.05, 3.63) is 28.8 Å². The van der Waals surface area contributed by atoms with Crippen LogP contribution in [0.15, 0.2) is 18.2 Å². The van der Waals surface area contributed by atoms with Crippen molar-refractivity contribution >= 4 is 11.6 Å². The van der Waals surface area contributed by atoms with Crippen molar-refractivity contribution in [1.29, 1.82) is 0 Å². The number of fused-ring (bicyclic) bond motifs is 1.